The molecule has 2 saturated heterocycles. The van der Waals surface area contributed by atoms with Crippen LogP contribution >= 0.6 is 0 Å². The van der Waals surface area contributed by atoms with Crippen LogP contribution in [-0.2, 0) is 4.74 Å². The van der Waals surface area contributed by atoms with E-state index < -0.39 is 0 Å². The Morgan fingerprint density at radius 2 is 2.12 bits per heavy atom. The molecule has 4 nitrogen and oxygen atoms in total. The zero-order valence-corrected chi connectivity index (χ0v) is 11.1. The van der Waals surface area contributed by atoms with Crippen molar-refractivity contribution in [2.45, 2.75) is 25.3 Å². The van der Waals surface area contributed by atoms with Gasteiger partial charge in [0.05, 0.1) is 0 Å². The summed E-state index contributed by atoms with van der Waals surface area (Å²) in [6.45, 7) is 7.95. The van der Waals surface area contributed by atoms with Gasteiger partial charge in [0.2, 0.25) is 0 Å². The van der Waals surface area contributed by atoms with Crippen molar-refractivity contribution < 1.29 is 4.74 Å². The van der Waals surface area contributed by atoms with E-state index >= 15 is 0 Å². The Kier molecular flexibility index (Phi) is 5.22. The highest BCUT2D eigenvalue weighted by Crippen LogP contribution is 2.23. The molecule has 2 fully saturated rings. The molecule has 0 aliphatic carbocycles. The van der Waals surface area contributed by atoms with E-state index in [9.17, 15) is 0 Å². The fourth-order valence-electron chi connectivity index (χ4n) is 3.13. The summed E-state index contributed by atoms with van der Waals surface area (Å²) in [5.41, 5.74) is 5.75. The van der Waals surface area contributed by atoms with Crippen LogP contribution in [0, 0.1) is 5.92 Å². The maximum absolute atomic E-state index is 5.75. The number of nitrogens with zero attached hydrogens (tertiary/aromatic N) is 2. The molecule has 17 heavy (non-hydrogen) atoms. The Morgan fingerprint density at radius 1 is 1.24 bits per heavy atom. The van der Waals surface area contributed by atoms with Crippen LogP contribution in [0.1, 0.15) is 19.3 Å². The van der Waals surface area contributed by atoms with Crippen molar-refractivity contribution in [2.75, 3.05) is 53.0 Å². The molecule has 2 aliphatic heterocycles. The van der Waals surface area contributed by atoms with Crippen LogP contribution in [0.2, 0.25) is 0 Å². The van der Waals surface area contributed by atoms with Crippen molar-refractivity contribution in [3.05, 3.63) is 0 Å². The van der Waals surface area contributed by atoms with Crippen molar-refractivity contribution >= 4 is 0 Å². The molecule has 2 unspecified atom stereocenters. The predicted octanol–water partition coefficient (Wildman–Crippen LogP) is 0.378. The maximum atomic E-state index is 5.75. The Morgan fingerprint density at radius 3 is 2.82 bits per heavy atom. The van der Waals surface area contributed by atoms with E-state index in [2.05, 4.69) is 9.80 Å². The lowest BCUT2D eigenvalue weighted by molar-refractivity contribution is 0.174. The quantitative estimate of drug-likeness (QED) is 0.683. The molecule has 0 aromatic carbocycles. The minimum absolute atomic E-state index is 0.748. The standard InChI is InChI=1S/C13H27N3O/c1-17-8-2-5-15-6-4-13(11-15)16-7-3-12(9-14)10-16/h12-13H,2-11,14H2,1H3. The van der Waals surface area contributed by atoms with Crippen molar-refractivity contribution in [1.82, 2.24) is 9.80 Å². The van der Waals surface area contributed by atoms with Gasteiger partial charge in [-0.2, -0.15) is 0 Å². The summed E-state index contributed by atoms with van der Waals surface area (Å²) in [5.74, 6) is 0.748. The van der Waals surface area contributed by atoms with E-state index in [1.54, 1.807) is 7.11 Å². The predicted molar refractivity (Wildman–Crippen MR) is 70.1 cm³/mol. The van der Waals surface area contributed by atoms with Gasteiger partial charge in [0.1, 0.15) is 0 Å². The SMILES string of the molecule is COCCCN1CCC(N2CCC(CN)C2)C1. The summed E-state index contributed by atoms with van der Waals surface area (Å²) in [4.78, 5) is 5.24. The maximum Gasteiger partial charge on any atom is 0.0474 e. The Labute approximate surface area is 105 Å². The molecule has 4 heteroatoms. The lowest BCUT2D eigenvalue weighted by Gasteiger charge is -2.24. The fourth-order valence-corrected chi connectivity index (χ4v) is 3.13. The summed E-state index contributed by atoms with van der Waals surface area (Å²) in [5, 5.41) is 0. The van der Waals surface area contributed by atoms with E-state index in [1.165, 1.54) is 45.6 Å². The highest BCUT2D eigenvalue weighted by Gasteiger charge is 2.31. The number of methoxy groups -OCH3 is 1. The molecule has 2 atom stereocenters. The Bertz CT molecular complexity index is 225. The van der Waals surface area contributed by atoms with Gasteiger partial charge in [-0.1, -0.05) is 0 Å². The minimum Gasteiger partial charge on any atom is -0.385 e. The lowest BCUT2D eigenvalue weighted by Crippen LogP contribution is -2.36. The molecule has 2 heterocycles. The zero-order valence-electron chi connectivity index (χ0n) is 11.1. The molecular formula is C13H27N3O. The van der Waals surface area contributed by atoms with E-state index in [-0.39, 0.29) is 0 Å². The van der Waals surface area contributed by atoms with E-state index in [0.29, 0.717) is 0 Å². The zero-order chi connectivity index (χ0) is 12.1. The summed E-state index contributed by atoms with van der Waals surface area (Å²) in [6, 6.07) is 0.786. The highest BCUT2D eigenvalue weighted by atomic mass is 16.5. The van der Waals surface area contributed by atoms with Crippen molar-refractivity contribution in [1.29, 1.82) is 0 Å². The molecule has 0 aromatic rings. The third-order valence-electron chi connectivity index (χ3n) is 4.24. The fraction of sp³-hybridized carbons (Fsp3) is 1.00. The molecule has 0 amide bonds. The number of nitrogens with two attached hydrogens (primary N) is 1. The van der Waals surface area contributed by atoms with E-state index in [1.807, 2.05) is 0 Å². The molecule has 0 bridgehead atoms. The molecule has 2 rings (SSSR count). The van der Waals surface area contributed by atoms with Gasteiger partial charge in [0.25, 0.3) is 0 Å². The van der Waals surface area contributed by atoms with Gasteiger partial charge in [-0.15, -0.1) is 0 Å². The third kappa shape index (κ3) is 3.65. The van der Waals surface area contributed by atoms with Gasteiger partial charge >= 0.3 is 0 Å². The molecule has 0 spiro atoms. The summed E-state index contributed by atoms with van der Waals surface area (Å²) < 4.78 is 5.11. The molecule has 0 aromatic heterocycles. The molecule has 0 radical (unpaired) electrons. The first-order valence-electron chi connectivity index (χ1n) is 6.99. The van der Waals surface area contributed by atoms with E-state index in [0.717, 1.165) is 31.5 Å². The van der Waals surface area contributed by atoms with Gasteiger partial charge in [-0.05, 0) is 44.8 Å². The number of rotatable bonds is 6. The highest BCUT2D eigenvalue weighted by molar-refractivity contribution is 4.88. The van der Waals surface area contributed by atoms with Crippen molar-refractivity contribution in [3.8, 4) is 0 Å². The number of hydrogen-bond donors (Lipinski definition) is 1. The van der Waals surface area contributed by atoms with Crippen molar-refractivity contribution in [2.24, 2.45) is 11.7 Å². The number of likely N-dealkylation sites (tertiary alicyclic amines) is 2. The van der Waals surface area contributed by atoms with Crippen LogP contribution in [0.4, 0.5) is 0 Å². The summed E-state index contributed by atoms with van der Waals surface area (Å²) in [7, 11) is 1.78. The molecular weight excluding hydrogens is 214 g/mol. The van der Waals surface area contributed by atoms with Gasteiger partial charge in [0.15, 0.2) is 0 Å². The van der Waals surface area contributed by atoms with Crippen molar-refractivity contribution in [3.63, 3.8) is 0 Å². The summed E-state index contributed by atoms with van der Waals surface area (Å²) in [6.07, 6.45) is 3.80. The largest absolute Gasteiger partial charge is 0.385 e. The number of ether oxygens (including phenoxy) is 1. The molecule has 2 aliphatic rings. The van der Waals surface area contributed by atoms with Gasteiger partial charge in [0, 0.05) is 39.4 Å². The second-order valence-electron chi connectivity index (χ2n) is 5.47. The average molecular weight is 241 g/mol. The normalized spacial score (nSPS) is 31.4. The smallest absolute Gasteiger partial charge is 0.0474 e. The minimum atomic E-state index is 0.748. The second kappa shape index (κ2) is 6.69. The Hall–Kier alpha value is -0.160. The van der Waals surface area contributed by atoms with Crippen LogP contribution in [0.15, 0.2) is 0 Å². The average Bonchev–Trinajstić information content (AvgIpc) is 2.97. The first-order valence-corrected chi connectivity index (χ1v) is 6.99. The first-order chi connectivity index (χ1) is 8.33. The Balaban J connectivity index is 1.67. The van der Waals surface area contributed by atoms with Crippen LogP contribution in [0.25, 0.3) is 0 Å². The van der Waals surface area contributed by atoms with Gasteiger partial charge in [-0.25, -0.2) is 0 Å². The van der Waals surface area contributed by atoms with Crippen LogP contribution < -0.4 is 5.73 Å². The second-order valence-corrected chi connectivity index (χ2v) is 5.47. The monoisotopic (exact) mass is 241 g/mol. The number of hydrogen-bond acceptors (Lipinski definition) is 4. The summed E-state index contributed by atoms with van der Waals surface area (Å²) >= 11 is 0. The molecule has 2 N–H and O–H groups in total. The molecule has 100 valence electrons. The lowest BCUT2D eigenvalue weighted by atomic mass is 10.1. The first kappa shape index (κ1) is 13.3. The third-order valence-corrected chi connectivity index (χ3v) is 4.24. The van der Waals surface area contributed by atoms with Crippen LogP contribution in [0.3, 0.4) is 0 Å². The molecule has 0 saturated carbocycles. The van der Waals surface area contributed by atoms with Gasteiger partial charge in [-0.3, -0.25) is 4.90 Å². The van der Waals surface area contributed by atoms with E-state index in [4.69, 9.17) is 10.5 Å². The topological polar surface area (TPSA) is 41.7 Å². The van der Waals surface area contributed by atoms with Crippen LogP contribution in [-0.4, -0.2) is 68.8 Å². The van der Waals surface area contributed by atoms with Gasteiger partial charge < -0.3 is 15.4 Å². The van der Waals surface area contributed by atoms with Crippen LogP contribution in [0.5, 0.6) is 0 Å².